The van der Waals surface area contributed by atoms with Crippen LogP contribution in [0.2, 0.25) is 0 Å². The van der Waals surface area contributed by atoms with Crippen molar-refractivity contribution in [1.29, 1.82) is 0 Å². The smallest absolute Gasteiger partial charge is 0.336 e. The van der Waals surface area contributed by atoms with Gasteiger partial charge in [-0.2, -0.15) is 0 Å². The molecule has 1 aromatic heterocycles. The number of phenols is 1. The minimum absolute atomic E-state index is 0.158. The molecule has 0 saturated carbocycles. The Morgan fingerprint density at radius 2 is 1.97 bits per heavy atom. The molecular weight excluding hydrogens is 382 g/mol. The number of fused-ring (bicyclic) bond motifs is 1. The molecule has 1 aliphatic heterocycles. The van der Waals surface area contributed by atoms with Crippen LogP contribution >= 0.6 is 0 Å². The zero-order valence-electron chi connectivity index (χ0n) is 17.6. The van der Waals surface area contributed by atoms with Crippen molar-refractivity contribution < 1.29 is 19.0 Å². The van der Waals surface area contributed by atoms with Gasteiger partial charge in [-0.15, -0.1) is 0 Å². The molecular formula is C24H27NO5. The van der Waals surface area contributed by atoms with Crippen molar-refractivity contribution in [3.8, 4) is 17.2 Å². The SMILES string of the molecule is CCc1cc2c(CN3CCC[C@@H]3c3cc(OC)ccc3OC)cc(=O)oc2cc1O. The zero-order valence-corrected chi connectivity index (χ0v) is 17.6. The largest absolute Gasteiger partial charge is 0.508 e. The number of nitrogens with zero attached hydrogens (tertiary/aromatic N) is 1. The first kappa shape index (κ1) is 20.3. The molecule has 0 unspecified atom stereocenters. The second-order valence-electron chi connectivity index (χ2n) is 7.66. The molecule has 3 aromatic rings. The molecule has 1 saturated heterocycles. The fraction of sp³-hybridized carbons (Fsp3) is 0.375. The quantitative estimate of drug-likeness (QED) is 0.608. The maximum absolute atomic E-state index is 12.2. The third kappa shape index (κ3) is 3.75. The summed E-state index contributed by atoms with van der Waals surface area (Å²) in [6, 6.07) is 11.1. The van der Waals surface area contributed by atoms with Crippen LogP contribution in [-0.4, -0.2) is 30.8 Å². The molecule has 6 heteroatoms. The van der Waals surface area contributed by atoms with Crippen LogP contribution < -0.4 is 15.1 Å². The number of methoxy groups -OCH3 is 2. The summed E-state index contributed by atoms with van der Waals surface area (Å²) in [7, 11) is 3.34. The molecule has 1 fully saturated rings. The molecule has 2 aromatic carbocycles. The predicted octanol–water partition coefficient (Wildman–Crippen LogP) is 4.42. The lowest BCUT2D eigenvalue weighted by atomic mass is 10.0. The van der Waals surface area contributed by atoms with Crippen LogP contribution in [0, 0.1) is 0 Å². The second kappa shape index (κ2) is 8.40. The van der Waals surface area contributed by atoms with E-state index in [1.807, 2.05) is 31.2 Å². The van der Waals surface area contributed by atoms with E-state index >= 15 is 0 Å². The van der Waals surface area contributed by atoms with Gasteiger partial charge in [-0.05, 0) is 61.2 Å². The normalized spacial score (nSPS) is 16.8. The lowest BCUT2D eigenvalue weighted by Crippen LogP contribution is -2.24. The van der Waals surface area contributed by atoms with Crippen molar-refractivity contribution in [3.63, 3.8) is 0 Å². The van der Waals surface area contributed by atoms with Crippen LogP contribution in [0.25, 0.3) is 11.0 Å². The van der Waals surface area contributed by atoms with E-state index in [1.54, 1.807) is 26.4 Å². The average Bonchev–Trinajstić information content (AvgIpc) is 3.20. The van der Waals surface area contributed by atoms with E-state index in [1.165, 1.54) is 0 Å². The van der Waals surface area contributed by atoms with E-state index in [2.05, 4.69) is 4.90 Å². The third-order valence-electron chi connectivity index (χ3n) is 5.94. The Morgan fingerprint density at radius 3 is 2.70 bits per heavy atom. The van der Waals surface area contributed by atoms with Gasteiger partial charge in [-0.25, -0.2) is 4.79 Å². The molecule has 0 radical (unpaired) electrons. The topological polar surface area (TPSA) is 72.1 Å². The second-order valence-corrected chi connectivity index (χ2v) is 7.66. The highest BCUT2D eigenvalue weighted by molar-refractivity contribution is 5.82. The van der Waals surface area contributed by atoms with E-state index in [-0.39, 0.29) is 11.8 Å². The monoisotopic (exact) mass is 409 g/mol. The first-order chi connectivity index (χ1) is 14.5. The average molecular weight is 409 g/mol. The minimum Gasteiger partial charge on any atom is -0.508 e. The van der Waals surface area contributed by atoms with Gasteiger partial charge < -0.3 is 19.0 Å². The van der Waals surface area contributed by atoms with Gasteiger partial charge in [0.15, 0.2) is 0 Å². The van der Waals surface area contributed by atoms with Gasteiger partial charge in [-0.3, -0.25) is 4.90 Å². The van der Waals surface area contributed by atoms with E-state index in [4.69, 9.17) is 13.9 Å². The van der Waals surface area contributed by atoms with Crippen molar-refractivity contribution >= 4 is 11.0 Å². The van der Waals surface area contributed by atoms with E-state index in [0.29, 0.717) is 18.5 Å². The van der Waals surface area contributed by atoms with Gasteiger partial charge in [0.25, 0.3) is 0 Å². The first-order valence-corrected chi connectivity index (χ1v) is 10.3. The van der Waals surface area contributed by atoms with Gasteiger partial charge in [0.2, 0.25) is 0 Å². The van der Waals surface area contributed by atoms with Gasteiger partial charge in [0, 0.05) is 35.7 Å². The number of likely N-dealkylation sites (tertiary alicyclic amines) is 1. The summed E-state index contributed by atoms with van der Waals surface area (Å²) in [5.41, 5.74) is 2.85. The highest BCUT2D eigenvalue weighted by atomic mass is 16.5. The Balaban J connectivity index is 1.74. The molecule has 1 N–H and O–H groups in total. The maximum Gasteiger partial charge on any atom is 0.336 e. The van der Waals surface area contributed by atoms with Crippen LogP contribution in [0.1, 0.15) is 42.5 Å². The summed E-state index contributed by atoms with van der Waals surface area (Å²) in [4.78, 5) is 14.5. The van der Waals surface area contributed by atoms with Gasteiger partial charge in [0.1, 0.15) is 22.8 Å². The summed E-state index contributed by atoms with van der Waals surface area (Å²) in [5, 5.41) is 11.0. The van der Waals surface area contributed by atoms with Crippen LogP contribution in [0.4, 0.5) is 0 Å². The number of hydrogen-bond donors (Lipinski definition) is 1. The molecule has 158 valence electrons. The molecule has 2 heterocycles. The van der Waals surface area contributed by atoms with Crippen molar-refractivity contribution in [1.82, 2.24) is 4.90 Å². The van der Waals surface area contributed by atoms with Crippen molar-refractivity contribution in [3.05, 3.63) is 63.5 Å². The van der Waals surface area contributed by atoms with Crippen molar-refractivity contribution in [2.45, 2.75) is 38.8 Å². The molecule has 1 atom stereocenters. The number of rotatable bonds is 6. The molecule has 4 rings (SSSR count). The van der Waals surface area contributed by atoms with Crippen molar-refractivity contribution in [2.24, 2.45) is 0 Å². The summed E-state index contributed by atoms with van der Waals surface area (Å²) in [6.45, 7) is 3.53. The number of ether oxygens (including phenoxy) is 2. The molecule has 0 bridgehead atoms. The van der Waals surface area contributed by atoms with E-state index < -0.39 is 5.63 Å². The standard InChI is InChI=1S/C24H27NO5/c1-4-15-10-18-16(11-24(27)30-23(18)13-21(15)26)14-25-9-5-6-20(25)19-12-17(28-2)7-8-22(19)29-3/h7-8,10-13,20,26H,4-6,9,14H2,1-3H3/t20-/m1/s1. The van der Waals surface area contributed by atoms with Gasteiger partial charge in [-0.1, -0.05) is 6.92 Å². The fourth-order valence-electron chi connectivity index (χ4n) is 4.41. The fourth-order valence-corrected chi connectivity index (χ4v) is 4.41. The highest BCUT2D eigenvalue weighted by Crippen LogP contribution is 2.40. The Kier molecular flexibility index (Phi) is 5.68. The molecule has 0 aliphatic carbocycles. The van der Waals surface area contributed by atoms with E-state index in [0.717, 1.165) is 53.0 Å². The number of hydrogen-bond acceptors (Lipinski definition) is 6. The number of benzene rings is 2. The zero-order chi connectivity index (χ0) is 21.3. The number of aryl methyl sites for hydroxylation is 1. The van der Waals surface area contributed by atoms with Crippen LogP contribution in [0.15, 0.2) is 45.6 Å². The summed E-state index contributed by atoms with van der Waals surface area (Å²) in [5.74, 6) is 1.79. The number of phenolic OH excluding ortho intramolecular Hbond substituents is 1. The lowest BCUT2D eigenvalue weighted by Gasteiger charge is -2.27. The maximum atomic E-state index is 12.2. The first-order valence-electron chi connectivity index (χ1n) is 10.3. The van der Waals surface area contributed by atoms with Crippen LogP contribution in [0.5, 0.6) is 17.2 Å². The predicted molar refractivity (Wildman–Crippen MR) is 115 cm³/mol. The Labute approximate surface area is 175 Å². The molecule has 1 aliphatic rings. The molecule has 0 spiro atoms. The Morgan fingerprint density at radius 1 is 1.13 bits per heavy atom. The summed E-state index contributed by atoms with van der Waals surface area (Å²) >= 11 is 0. The minimum atomic E-state index is -0.407. The molecule has 30 heavy (non-hydrogen) atoms. The van der Waals surface area contributed by atoms with Gasteiger partial charge in [0.05, 0.1) is 14.2 Å². The van der Waals surface area contributed by atoms with E-state index in [9.17, 15) is 9.90 Å². The van der Waals surface area contributed by atoms with Crippen LogP contribution in [-0.2, 0) is 13.0 Å². The van der Waals surface area contributed by atoms with Crippen molar-refractivity contribution in [2.75, 3.05) is 20.8 Å². The summed E-state index contributed by atoms with van der Waals surface area (Å²) < 4.78 is 16.4. The third-order valence-corrected chi connectivity index (χ3v) is 5.94. The Hall–Kier alpha value is -2.99. The van der Waals surface area contributed by atoms with Crippen LogP contribution in [0.3, 0.4) is 0 Å². The Bertz CT molecular complexity index is 1120. The molecule has 6 nitrogen and oxygen atoms in total. The highest BCUT2D eigenvalue weighted by Gasteiger charge is 2.29. The summed E-state index contributed by atoms with van der Waals surface area (Å²) in [6.07, 6.45) is 2.77. The lowest BCUT2D eigenvalue weighted by molar-refractivity contribution is 0.242. The number of aromatic hydroxyl groups is 1. The van der Waals surface area contributed by atoms with Gasteiger partial charge >= 0.3 is 5.63 Å². The molecule has 0 amide bonds.